The molecule has 1 aliphatic rings. The number of carboxylic acid groups (broad SMARTS) is 1. The number of hydrogen-bond donors (Lipinski definition) is 1. The van der Waals surface area contributed by atoms with E-state index in [0.29, 0.717) is 18.7 Å². The predicted octanol–water partition coefficient (Wildman–Crippen LogP) is 1.02. The normalized spacial score (nSPS) is 23.7. The van der Waals surface area contributed by atoms with Crippen LogP contribution in [0.5, 0.6) is 0 Å². The van der Waals surface area contributed by atoms with E-state index < -0.39 is 11.9 Å². The molecule has 1 amide bonds. The Hall–Kier alpha value is -1.91. The van der Waals surface area contributed by atoms with E-state index in [2.05, 4.69) is 4.98 Å². The number of aliphatic carboxylic acids is 1. The minimum absolute atomic E-state index is 0.193. The van der Waals surface area contributed by atoms with E-state index in [-0.39, 0.29) is 11.9 Å². The monoisotopic (exact) mass is 234 g/mol. The van der Waals surface area contributed by atoms with E-state index in [1.807, 2.05) is 0 Å². The molecule has 5 heteroatoms. The summed E-state index contributed by atoms with van der Waals surface area (Å²) in [6.45, 7) is 2.25. The van der Waals surface area contributed by atoms with Gasteiger partial charge in [-0.3, -0.25) is 14.6 Å². The first-order valence-corrected chi connectivity index (χ1v) is 5.56. The molecule has 0 saturated carbocycles. The van der Waals surface area contributed by atoms with Crippen LogP contribution in [-0.2, 0) is 4.79 Å². The van der Waals surface area contributed by atoms with Gasteiger partial charge in [-0.25, -0.2) is 0 Å². The van der Waals surface area contributed by atoms with Crippen molar-refractivity contribution in [1.82, 2.24) is 9.88 Å². The Balaban J connectivity index is 2.15. The summed E-state index contributed by atoms with van der Waals surface area (Å²) in [4.78, 5) is 28.6. The number of hydrogen-bond acceptors (Lipinski definition) is 3. The highest BCUT2D eigenvalue weighted by Gasteiger charge is 2.38. The quantitative estimate of drug-likeness (QED) is 0.829. The second-order valence-electron chi connectivity index (χ2n) is 4.19. The SMILES string of the molecule is CC1C(C(=O)O)CCN1C(=O)c1ccccn1. The molecule has 2 unspecified atom stereocenters. The first-order chi connectivity index (χ1) is 8.11. The van der Waals surface area contributed by atoms with Crippen LogP contribution in [0.15, 0.2) is 24.4 Å². The van der Waals surface area contributed by atoms with Crippen LogP contribution in [0.25, 0.3) is 0 Å². The number of carbonyl (C=O) groups excluding carboxylic acids is 1. The molecule has 1 saturated heterocycles. The highest BCUT2D eigenvalue weighted by Crippen LogP contribution is 2.25. The minimum atomic E-state index is -0.839. The Morgan fingerprint density at radius 2 is 2.24 bits per heavy atom. The van der Waals surface area contributed by atoms with Gasteiger partial charge in [0.2, 0.25) is 0 Å². The van der Waals surface area contributed by atoms with E-state index in [1.165, 1.54) is 0 Å². The molecule has 1 aliphatic heterocycles. The number of rotatable bonds is 2. The largest absolute Gasteiger partial charge is 0.481 e. The molecule has 17 heavy (non-hydrogen) atoms. The number of aromatic nitrogens is 1. The molecule has 2 atom stereocenters. The van der Waals surface area contributed by atoms with Gasteiger partial charge >= 0.3 is 5.97 Å². The third kappa shape index (κ3) is 2.13. The van der Waals surface area contributed by atoms with Gasteiger partial charge in [-0.2, -0.15) is 0 Å². The lowest BCUT2D eigenvalue weighted by molar-refractivity contribution is -0.142. The standard InChI is InChI=1S/C12H14N2O3/c1-8-9(12(16)17)5-7-14(8)11(15)10-4-2-3-6-13-10/h2-4,6,8-9H,5,7H2,1H3,(H,16,17). The zero-order chi connectivity index (χ0) is 12.4. The van der Waals surface area contributed by atoms with Gasteiger partial charge in [-0.1, -0.05) is 6.07 Å². The van der Waals surface area contributed by atoms with Crippen LogP contribution in [0.1, 0.15) is 23.8 Å². The van der Waals surface area contributed by atoms with Gasteiger partial charge in [0.1, 0.15) is 5.69 Å². The predicted molar refractivity (Wildman–Crippen MR) is 60.5 cm³/mol. The van der Waals surface area contributed by atoms with Crippen molar-refractivity contribution in [2.24, 2.45) is 5.92 Å². The first-order valence-electron chi connectivity index (χ1n) is 5.56. The fourth-order valence-corrected chi connectivity index (χ4v) is 2.19. The summed E-state index contributed by atoms with van der Waals surface area (Å²) in [5.41, 5.74) is 0.366. The van der Waals surface area contributed by atoms with Crippen molar-refractivity contribution in [1.29, 1.82) is 0 Å². The molecule has 1 aromatic heterocycles. The molecule has 2 rings (SSSR count). The Morgan fingerprint density at radius 3 is 2.76 bits per heavy atom. The van der Waals surface area contributed by atoms with Crippen molar-refractivity contribution in [3.8, 4) is 0 Å². The van der Waals surface area contributed by atoms with Crippen molar-refractivity contribution >= 4 is 11.9 Å². The maximum Gasteiger partial charge on any atom is 0.308 e. The number of amides is 1. The van der Waals surface area contributed by atoms with Crippen molar-refractivity contribution in [2.75, 3.05) is 6.54 Å². The number of pyridine rings is 1. The molecule has 0 radical (unpaired) electrons. The molecule has 5 nitrogen and oxygen atoms in total. The van der Waals surface area contributed by atoms with Gasteiger partial charge < -0.3 is 10.0 Å². The van der Waals surface area contributed by atoms with Crippen LogP contribution in [-0.4, -0.2) is 39.5 Å². The maximum absolute atomic E-state index is 12.1. The van der Waals surface area contributed by atoms with Gasteiger partial charge in [0.25, 0.3) is 5.91 Å². The first kappa shape index (κ1) is 11.6. The average molecular weight is 234 g/mol. The number of carboxylic acids is 1. The van der Waals surface area contributed by atoms with E-state index in [1.54, 1.807) is 36.2 Å². The lowest BCUT2D eigenvalue weighted by Gasteiger charge is -2.22. The molecular formula is C12H14N2O3. The molecule has 0 spiro atoms. The van der Waals surface area contributed by atoms with E-state index in [0.717, 1.165) is 0 Å². The molecule has 2 heterocycles. The smallest absolute Gasteiger partial charge is 0.308 e. The molecule has 90 valence electrons. The summed E-state index contributed by atoms with van der Waals surface area (Å²) < 4.78 is 0. The second-order valence-corrected chi connectivity index (χ2v) is 4.19. The van der Waals surface area contributed by atoms with Gasteiger partial charge in [0.05, 0.1) is 5.92 Å². The maximum atomic E-state index is 12.1. The molecule has 0 bridgehead atoms. The van der Waals surface area contributed by atoms with Gasteiger partial charge in [0.15, 0.2) is 0 Å². The molecule has 0 aromatic carbocycles. The Morgan fingerprint density at radius 1 is 1.47 bits per heavy atom. The molecule has 1 N–H and O–H groups in total. The Bertz CT molecular complexity index is 433. The molecule has 1 fully saturated rings. The minimum Gasteiger partial charge on any atom is -0.481 e. The van der Waals surface area contributed by atoms with Crippen LogP contribution in [0.4, 0.5) is 0 Å². The van der Waals surface area contributed by atoms with E-state index in [9.17, 15) is 9.59 Å². The van der Waals surface area contributed by atoms with E-state index in [4.69, 9.17) is 5.11 Å². The fourth-order valence-electron chi connectivity index (χ4n) is 2.19. The number of likely N-dealkylation sites (tertiary alicyclic amines) is 1. The second kappa shape index (κ2) is 4.53. The fraction of sp³-hybridized carbons (Fsp3) is 0.417. The summed E-state index contributed by atoms with van der Waals surface area (Å²) in [5, 5.41) is 9.00. The van der Waals surface area contributed by atoms with Crippen LogP contribution in [0.2, 0.25) is 0 Å². The summed E-state index contributed by atoms with van der Waals surface area (Å²) in [5.74, 6) is -1.50. The lowest BCUT2D eigenvalue weighted by Crippen LogP contribution is -2.38. The molecular weight excluding hydrogens is 220 g/mol. The summed E-state index contributed by atoms with van der Waals surface area (Å²) >= 11 is 0. The Kier molecular flexibility index (Phi) is 3.08. The zero-order valence-electron chi connectivity index (χ0n) is 9.54. The van der Waals surface area contributed by atoms with Gasteiger partial charge in [-0.05, 0) is 25.5 Å². The number of carbonyl (C=O) groups is 2. The van der Waals surface area contributed by atoms with Crippen molar-refractivity contribution in [3.05, 3.63) is 30.1 Å². The third-order valence-corrected chi connectivity index (χ3v) is 3.22. The highest BCUT2D eigenvalue weighted by atomic mass is 16.4. The van der Waals surface area contributed by atoms with Crippen molar-refractivity contribution < 1.29 is 14.7 Å². The van der Waals surface area contributed by atoms with E-state index >= 15 is 0 Å². The van der Waals surface area contributed by atoms with Crippen LogP contribution in [0.3, 0.4) is 0 Å². The summed E-state index contributed by atoms with van der Waals surface area (Å²) in [6.07, 6.45) is 2.07. The highest BCUT2D eigenvalue weighted by molar-refractivity contribution is 5.93. The summed E-state index contributed by atoms with van der Waals surface area (Å²) in [6, 6.07) is 4.85. The topological polar surface area (TPSA) is 70.5 Å². The Labute approximate surface area is 99.1 Å². The average Bonchev–Trinajstić information content (AvgIpc) is 2.71. The van der Waals surface area contributed by atoms with Crippen molar-refractivity contribution in [2.45, 2.75) is 19.4 Å². The number of nitrogens with zero attached hydrogens (tertiary/aromatic N) is 2. The zero-order valence-corrected chi connectivity index (χ0v) is 9.54. The van der Waals surface area contributed by atoms with Gasteiger partial charge in [-0.15, -0.1) is 0 Å². The van der Waals surface area contributed by atoms with Gasteiger partial charge in [0, 0.05) is 18.8 Å². The van der Waals surface area contributed by atoms with Crippen molar-refractivity contribution in [3.63, 3.8) is 0 Å². The third-order valence-electron chi connectivity index (χ3n) is 3.22. The molecule has 1 aromatic rings. The lowest BCUT2D eigenvalue weighted by atomic mass is 10.0. The van der Waals surface area contributed by atoms with Crippen LogP contribution in [0, 0.1) is 5.92 Å². The summed E-state index contributed by atoms with van der Waals surface area (Å²) in [7, 11) is 0. The van der Waals surface area contributed by atoms with Crippen LogP contribution >= 0.6 is 0 Å². The van der Waals surface area contributed by atoms with Crippen LogP contribution < -0.4 is 0 Å². The molecule has 0 aliphatic carbocycles.